The van der Waals surface area contributed by atoms with Crippen LogP contribution in [0.5, 0.6) is 5.75 Å². The maximum Gasteiger partial charge on any atom is 0.251 e. The Morgan fingerprint density at radius 1 is 1.19 bits per heavy atom. The van der Waals surface area contributed by atoms with Gasteiger partial charge in [-0.3, -0.25) is 9.59 Å². The Labute approximate surface area is 190 Å². The second-order valence-electron chi connectivity index (χ2n) is 9.78. The van der Waals surface area contributed by atoms with Crippen LogP contribution in [0.4, 0.5) is 0 Å². The predicted octanol–water partition coefficient (Wildman–Crippen LogP) is 4.46. The van der Waals surface area contributed by atoms with Crippen LogP contribution in [0, 0.1) is 11.8 Å². The molecule has 0 aromatic heterocycles. The highest BCUT2D eigenvalue weighted by Gasteiger charge is 2.34. The molecular weight excluding hydrogens is 400 g/mol. The Bertz CT molecular complexity index is 1040. The smallest absolute Gasteiger partial charge is 0.251 e. The normalized spacial score (nSPS) is 24.0. The van der Waals surface area contributed by atoms with Gasteiger partial charge in [0.1, 0.15) is 11.4 Å². The monoisotopic (exact) mass is 432 g/mol. The molecule has 2 aromatic carbocycles. The van der Waals surface area contributed by atoms with Crippen molar-refractivity contribution >= 4 is 24.0 Å². The zero-order valence-electron chi connectivity index (χ0n) is 19.3. The van der Waals surface area contributed by atoms with E-state index in [1.165, 1.54) is 0 Å². The minimum absolute atomic E-state index is 0.0205. The van der Waals surface area contributed by atoms with Crippen LogP contribution in [0.15, 0.2) is 42.5 Å². The fourth-order valence-electron chi connectivity index (χ4n) is 4.73. The summed E-state index contributed by atoms with van der Waals surface area (Å²) in [5, 5.41) is 5.98. The van der Waals surface area contributed by atoms with Crippen LogP contribution in [-0.2, 0) is 11.2 Å². The molecule has 4 rings (SSSR count). The van der Waals surface area contributed by atoms with Crippen LogP contribution in [0.2, 0.25) is 0 Å². The fraction of sp³-hybridized carbons (Fsp3) is 0.407. The third kappa shape index (κ3) is 4.87. The van der Waals surface area contributed by atoms with Gasteiger partial charge >= 0.3 is 0 Å². The molecule has 0 spiro atoms. The van der Waals surface area contributed by atoms with Crippen molar-refractivity contribution in [1.29, 1.82) is 0 Å². The summed E-state index contributed by atoms with van der Waals surface area (Å²) in [5.41, 5.74) is 3.29. The van der Waals surface area contributed by atoms with Gasteiger partial charge in [-0.2, -0.15) is 0 Å². The molecule has 3 unspecified atom stereocenters. The molecule has 3 atom stereocenters. The SMILES string of the molecule is CC1CC(C)C(CNC(=O)c2cc(/C=C/c3ccccc3)c3c(c2)CC(C)(C)O3)C(=O)N1. The molecule has 2 aliphatic heterocycles. The van der Waals surface area contributed by atoms with E-state index < -0.39 is 0 Å². The van der Waals surface area contributed by atoms with Crippen LogP contribution in [0.25, 0.3) is 12.2 Å². The lowest BCUT2D eigenvalue weighted by Crippen LogP contribution is -2.50. The van der Waals surface area contributed by atoms with E-state index in [2.05, 4.69) is 31.4 Å². The van der Waals surface area contributed by atoms with Gasteiger partial charge in [0.15, 0.2) is 0 Å². The molecule has 32 heavy (non-hydrogen) atoms. The summed E-state index contributed by atoms with van der Waals surface area (Å²) in [6.45, 7) is 8.55. The van der Waals surface area contributed by atoms with Crippen LogP contribution >= 0.6 is 0 Å². The quantitative estimate of drug-likeness (QED) is 0.686. The Morgan fingerprint density at radius 2 is 1.94 bits per heavy atom. The Kier molecular flexibility index (Phi) is 6.09. The first-order valence-electron chi connectivity index (χ1n) is 11.4. The van der Waals surface area contributed by atoms with E-state index >= 15 is 0 Å². The molecule has 2 N–H and O–H groups in total. The zero-order chi connectivity index (χ0) is 22.9. The topological polar surface area (TPSA) is 67.4 Å². The lowest BCUT2D eigenvalue weighted by molar-refractivity contribution is -0.129. The molecule has 168 valence electrons. The Morgan fingerprint density at radius 3 is 2.66 bits per heavy atom. The molecule has 2 aromatic rings. The number of hydrogen-bond donors (Lipinski definition) is 2. The van der Waals surface area contributed by atoms with Crippen molar-refractivity contribution in [3.8, 4) is 5.75 Å². The summed E-state index contributed by atoms with van der Waals surface area (Å²) in [6.07, 6.45) is 5.70. The van der Waals surface area contributed by atoms with E-state index in [9.17, 15) is 9.59 Å². The minimum Gasteiger partial charge on any atom is -0.487 e. The van der Waals surface area contributed by atoms with Gasteiger partial charge in [0.2, 0.25) is 5.91 Å². The first-order chi connectivity index (χ1) is 15.2. The molecule has 0 bridgehead atoms. The summed E-state index contributed by atoms with van der Waals surface area (Å²) in [4.78, 5) is 25.4. The lowest BCUT2D eigenvalue weighted by Gasteiger charge is -2.32. The second-order valence-corrected chi connectivity index (χ2v) is 9.78. The number of amides is 2. The molecule has 5 heteroatoms. The van der Waals surface area contributed by atoms with Crippen molar-refractivity contribution in [3.05, 3.63) is 64.7 Å². The van der Waals surface area contributed by atoms with E-state index in [1.54, 1.807) is 0 Å². The molecule has 1 saturated heterocycles. The zero-order valence-corrected chi connectivity index (χ0v) is 19.3. The summed E-state index contributed by atoms with van der Waals surface area (Å²) in [5.74, 6) is 0.729. The third-order valence-electron chi connectivity index (χ3n) is 6.33. The highest BCUT2D eigenvalue weighted by Crippen LogP contribution is 2.39. The molecule has 0 saturated carbocycles. The molecule has 2 aliphatic rings. The number of piperidine rings is 1. The largest absolute Gasteiger partial charge is 0.487 e. The third-order valence-corrected chi connectivity index (χ3v) is 6.33. The number of fused-ring (bicyclic) bond motifs is 1. The van der Waals surface area contributed by atoms with Crippen LogP contribution in [0.3, 0.4) is 0 Å². The van der Waals surface area contributed by atoms with E-state index in [0.29, 0.717) is 12.1 Å². The number of ether oxygens (including phenoxy) is 1. The van der Waals surface area contributed by atoms with Crippen molar-refractivity contribution in [1.82, 2.24) is 10.6 Å². The van der Waals surface area contributed by atoms with Crippen molar-refractivity contribution < 1.29 is 14.3 Å². The van der Waals surface area contributed by atoms with E-state index in [4.69, 9.17) is 4.74 Å². The van der Waals surface area contributed by atoms with Crippen molar-refractivity contribution in [2.24, 2.45) is 11.8 Å². The summed E-state index contributed by atoms with van der Waals surface area (Å²) in [7, 11) is 0. The van der Waals surface area contributed by atoms with Gasteiger partial charge in [0.05, 0.1) is 5.92 Å². The van der Waals surface area contributed by atoms with Gasteiger partial charge in [-0.1, -0.05) is 49.4 Å². The summed E-state index contributed by atoms with van der Waals surface area (Å²) >= 11 is 0. The van der Waals surface area contributed by atoms with Crippen molar-refractivity contribution in [2.75, 3.05) is 6.54 Å². The Hall–Kier alpha value is -3.08. The Balaban J connectivity index is 1.55. The average molecular weight is 433 g/mol. The summed E-state index contributed by atoms with van der Waals surface area (Å²) < 4.78 is 6.21. The van der Waals surface area contributed by atoms with E-state index in [0.717, 1.165) is 35.3 Å². The van der Waals surface area contributed by atoms with Gasteiger partial charge in [-0.25, -0.2) is 0 Å². The lowest BCUT2D eigenvalue weighted by atomic mass is 9.84. The molecular formula is C27H32N2O3. The fourth-order valence-corrected chi connectivity index (χ4v) is 4.73. The van der Waals surface area contributed by atoms with E-state index in [1.807, 2.05) is 61.5 Å². The van der Waals surface area contributed by atoms with Gasteiger partial charge in [-0.05, 0) is 56.4 Å². The number of benzene rings is 2. The van der Waals surface area contributed by atoms with Gasteiger partial charge in [-0.15, -0.1) is 0 Å². The van der Waals surface area contributed by atoms with Crippen LogP contribution in [0.1, 0.15) is 61.2 Å². The number of hydrogen-bond acceptors (Lipinski definition) is 3. The van der Waals surface area contributed by atoms with Crippen molar-refractivity contribution in [2.45, 2.75) is 52.2 Å². The van der Waals surface area contributed by atoms with Crippen molar-refractivity contribution in [3.63, 3.8) is 0 Å². The predicted molar refractivity (Wildman–Crippen MR) is 127 cm³/mol. The van der Waals surface area contributed by atoms with Gasteiger partial charge in [0, 0.05) is 30.1 Å². The molecule has 2 heterocycles. The first-order valence-corrected chi connectivity index (χ1v) is 11.4. The minimum atomic E-state index is -0.306. The van der Waals surface area contributed by atoms with Crippen LogP contribution < -0.4 is 15.4 Å². The molecule has 1 fully saturated rings. The number of carbonyl (C=O) groups excluding carboxylic acids is 2. The highest BCUT2D eigenvalue weighted by atomic mass is 16.5. The maximum absolute atomic E-state index is 13.0. The average Bonchev–Trinajstić information content (AvgIpc) is 3.05. The van der Waals surface area contributed by atoms with E-state index in [-0.39, 0.29) is 35.3 Å². The number of rotatable bonds is 5. The summed E-state index contributed by atoms with van der Waals surface area (Å²) in [6, 6.07) is 14.0. The van der Waals surface area contributed by atoms with Crippen LogP contribution in [-0.4, -0.2) is 30.0 Å². The molecule has 2 amide bonds. The molecule has 0 radical (unpaired) electrons. The number of carbonyl (C=O) groups is 2. The molecule has 0 aliphatic carbocycles. The number of nitrogens with one attached hydrogen (secondary N) is 2. The highest BCUT2D eigenvalue weighted by molar-refractivity contribution is 5.96. The standard InChI is InChI=1S/C27H32N2O3/c1-17-12-18(2)29-26(31)23(17)16-28-25(30)21-13-20(11-10-19-8-6-5-7-9-19)24-22(14-21)15-27(3,4)32-24/h5-11,13-14,17-18,23H,12,15-16H2,1-4H3,(H,28,30)(H,29,31)/b11-10+. The van der Waals surface area contributed by atoms with Gasteiger partial charge in [0.25, 0.3) is 5.91 Å². The van der Waals surface area contributed by atoms with Gasteiger partial charge < -0.3 is 15.4 Å². The second kappa shape index (κ2) is 8.81. The maximum atomic E-state index is 13.0. The first kappa shape index (κ1) is 22.1. The molecule has 5 nitrogen and oxygen atoms in total.